The van der Waals surface area contributed by atoms with Gasteiger partial charge in [0.05, 0.1) is 0 Å². The lowest BCUT2D eigenvalue weighted by Crippen LogP contribution is -2.28. The molecule has 1 heterocycles. The maximum atomic E-state index is 11.7. The van der Waals surface area contributed by atoms with Gasteiger partial charge in [-0.05, 0) is 33.1 Å². The third-order valence-electron chi connectivity index (χ3n) is 2.43. The number of rotatable bonds is 5. The average molecular weight is 237 g/mol. The number of pyridine rings is 1. The summed E-state index contributed by atoms with van der Waals surface area (Å²) in [5.41, 5.74) is 0.240. The van der Waals surface area contributed by atoms with Crippen molar-refractivity contribution in [3.8, 4) is 0 Å². The Morgan fingerprint density at radius 2 is 2.18 bits per heavy atom. The Bertz CT molecular complexity index is 438. The minimum absolute atomic E-state index is 0.175. The van der Waals surface area contributed by atoms with Crippen LogP contribution in [0, 0.1) is 0 Å². The van der Waals surface area contributed by atoms with E-state index in [0.29, 0.717) is 12.1 Å². The quantitative estimate of drug-likeness (QED) is 0.737. The van der Waals surface area contributed by atoms with E-state index in [4.69, 9.17) is 0 Å². The zero-order valence-electron chi connectivity index (χ0n) is 10.6. The van der Waals surface area contributed by atoms with Crippen molar-refractivity contribution >= 4 is 5.91 Å². The first-order valence-electron chi connectivity index (χ1n) is 5.60. The third-order valence-corrected chi connectivity index (χ3v) is 2.43. The van der Waals surface area contributed by atoms with Crippen LogP contribution in [-0.4, -0.2) is 42.6 Å². The number of carbonyl (C=O) groups is 1. The Morgan fingerprint density at radius 3 is 2.76 bits per heavy atom. The predicted octanol–water partition coefficient (Wildman–Crippen LogP) is 0.0668. The van der Waals surface area contributed by atoms with Crippen molar-refractivity contribution < 1.29 is 4.79 Å². The van der Waals surface area contributed by atoms with Crippen molar-refractivity contribution in [2.24, 2.45) is 7.05 Å². The van der Waals surface area contributed by atoms with Crippen molar-refractivity contribution in [2.75, 3.05) is 27.2 Å². The second-order valence-electron chi connectivity index (χ2n) is 4.28. The van der Waals surface area contributed by atoms with Gasteiger partial charge < -0.3 is 14.8 Å². The number of carbonyl (C=O) groups excluding carboxylic acids is 1. The number of nitrogens with one attached hydrogen (secondary N) is 1. The molecule has 1 aromatic rings. The van der Waals surface area contributed by atoms with Gasteiger partial charge in [-0.3, -0.25) is 9.59 Å². The van der Waals surface area contributed by atoms with Gasteiger partial charge in [-0.2, -0.15) is 0 Å². The fourth-order valence-corrected chi connectivity index (χ4v) is 1.39. The van der Waals surface area contributed by atoms with Gasteiger partial charge in [-0.15, -0.1) is 0 Å². The van der Waals surface area contributed by atoms with E-state index >= 15 is 0 Å². The van der Waals surface area contributed by atoms with Crippen LogP contribution in [0.15, 0.2) is 23.1 Å². The Hall–Kier alpha value is -1.62. The van der Waals surface area contributed by atoms with Gasteiger partial charge in [-0.1, -0.05) is 0 Å². The van der Waals surface area contributed by atoms with Gasteiger partial charge in [0, 0.05) is 31.4 Å². The lowest BCUT2D eigenvalue weighted by Gasteiger charge is -2.09. The van der Waals surface area contributed by atoms with Gasteiger partial charge in [-0.25, -0.2) is 0 Å². The van der Waals surface area contributed by atoms with Crippen LogP contribution in [0.5, 0.6) is 0 Å². The second-order valence-corrected chi connectivity index (χ2v) is 4.28. The third kappa shape index (κ3) is 4.40. The number of aryl methyl sites for hydroxylation is 1. The number of hydrogen-bond donors (Lipinski definition) is 1. The molecular weight excluding hydrogens is 218 g/mol. The van der Waals surface area contributed by atoms with Gasteiger partial charge in [0.2, 0.25) is 0 Å². The molecule has 1 N–H and O–H groups in total. The van der Waals surface area contributed by atoms with Gasteiger partial charge in [0.1, 0.15) is 0 Å². The minimum atomic E-state index is -0.193. The summed E-state index contributed by atoms with van der Waals surface area (Å²) < 4.78 is 1.43. The first-order valence-corrected chi connectivity index (χ1v) is 5.60. The van der Waals surface area contributed by atoms with E-state index in [1.165, 1.54) is 10.6 Å². The molecule has 0 atom stereocenters. The van der Waals surface area contributed by atoms with Gasteiger partial charge >= 0.3 is 0 Å². The normalized spacial score (nSPS) is 10.6. The summed E-state index contributed by atoms with van der Waals surface area (Å²) in [4.78, 5) is 25.1. The maximum Gasteiger partial charge on any atom is 0.251 e. The van der Waals surface area contributed by atoms with E-state index in [2.05, 4.69) is 10.2 Å². The molecule has 5 nitrogen and oxygen atoms in total. The topological polar surface area (TPSA) is 54.3 Å². The molecule has 1 amide bonds. The molecule has 5 heteroatoms. The molecule has 0 aromatic carbocycles. The van der Waals surface area contributed by atoms with Crippen LogP contribution in [-0.2, 0) is 7.05 Å². The number of aromatic nitrogens is 1. The van der Waals surface area contributed by atoms with Gasteiger partial charge in [0.15, 0.2) is 0 Å². The molecular formula is C12H19N3O2. The molecule has 0 aliphatic heterocycles. The van der Waals surface area contributed by atoms with E-state index in [1.54, 1.807) is 19.3 Å². The maximum absolute atomic E-state index is 11.7. The summed E-state index contributed by atoms with van der Waals surface area (Å²) in [5.74, 6) is -0.193. The standard InChI is InChI=1S/C12H19N3O2/c1-14(2)7-4-6-13-12(17)10-5-8-15(3)11(16)9-10/h5,8-9H,4,6-7H2,1-3H3,(H,13,17). The van der Waals surface area contributed by atoms with Crippen molar-refractivity contribution in [2.45, 2.75) is 6.42 Å². The van der Waals surface area contributed by atoms with E-state index in [0.717, 1.165) is 13.0 Å². The minimum Gasteiger partial charge on any atom is -0.352 e. The molecule has 0 fully saturated rings. The predicted molar refractivity (Wildman–Crippen MR) is 67.2 cm³/mol. The molecule has 0 saturated carbocycles. The number of nitrogens with zero attached hydrogens (tertiary/aromatic N) is 2. The van der Waals surface area contributed by atoms with E-state index in [-0.39, 0.29) is 11.5 Å². The lowest BCUT2D eigenvalue weighted by molar-refractivity contribution is 0.0952. The molecule has 0 spiro atoms. The summed E-state index contributed by atoms with van der Waals surface area (Å²) in [6, 6.07) is 2.99. The molecule has 0 aliphatic rings. The second kappa shape index (κ2) is 6.20. The molecule has 0 bridgehead atoms. The van der Waals surface area contributed by atoms with E-state index < -0.39 is 0 Å². The Labute approximate surface area is 101 Å². The van der Waals surface area contributed by atoms with Crippen LogP contribution in [0.25, 0.3) is 0 Å². The highest BCUT2D eigenvalue weighted by molar-refractivity contribution is 5.93. The number of hydrogen-bond acceptors (Lipinski definition) is 3. The zero-order valence-corrected chi connectivity index (χ0v) is 10.6. The van der Waals surface area contributed by atoms with Crippen molar-refractivity contribution in [1.29, 1.82) is 0 Å². The fourth-order valence-electron chi connectivity index (χ4n) is 1.39. The summed E-state index contributed by atoms with van der Waals surface area (Å²) in [6.07, 6.45) is 2.49. The Morgan fingerprint density at radius 1 is 1.47 bits per heavy atom. The monoisotopic (exact) mass is 237 g/mol. The Balaban J connectivity index is 2.47. The van der Waals surface area contributed by atoms with Crippen LogP contribution < -0.4 is 10.9 Å². The summed E-state index contributed by atoms with van der Waals surface area (Å²) in [5, 5.41) is 2.79. The molecule has 0 unspecified atom stereocenters. The fraction of sp³-hybridized carbons (Fsp3) is 0.500. The summed E-state index contributed by atoms with van der Waals surface area (Å²) in [6.45, 7) is 1.54. The van der Waals surface area contributed by atoms with Crippen LogP contribution in [0.2, 0.25) is 0 Å². The van der Waals surface area contributed by atoms with Crippen LogP contribution >= 0.6 is 0 Å². The van der Waals surface area contributed by atoms with E-state index in [1.807, 2.05) is 14.1 Å². The SMILES string of the molecule is CN(C)CCCNC(=O)c1ccn(C)c(=O)c1. The molecule has 94 valence electrons. The molecule has 0 saturated heterocycles. The lowest BCUT2D eigenvalue weighted by atomic mass is 10.2. The van der Waals surface area contributed by atoms with Gasteiger partial charge in [0.25, 0.3) is 11.5 Å². The van der Waals surface area contributed by atoms with Crippen molar-refractivity contribution in [3.05, 3.63) is 34.2 Å². The molecule has 0 aliphatic carbocycles. The van der Waals surface area contributed by atoms with Crippen molar-refractivity contribution in [3.63, 3.8) is 0 Å². The number of amides is 1. The first-order chi connectivity index (χ1) is 8.00. The highest BCUT2D eigenvalue weighted by Gasteiger charge is 2.05. The molecule has 1 aromatic heterocycles. The summed E-state index contributed by atoms with van der Waals surface area (Å²) >= 11 is 0. The molecule has 0 radical (unpaired) electrons. The largest absolute Gasteiger partial charge is 0.352 e. The zero-order chi connectivity index (χ0) is 12.8. The average Bonchev–Trinajstić information content (AvgIpc) is 2.27. The summed E-state index contributed by atoms with van der Waals surface area (Å²) in [7, 11) is 5.63. The molecule has 1 rings (SSSR count). The highest BCUT2D eigenvalue weighted by Crippen LogP contribution is 1.94. The van der Waals surface area contributed by atoms with Crippen molar-refractivity contribution in [1.82, 2.24) is 14.8 Å². The smallest absolute Gasteiger partial charge is 0.251 e. The van der Waals surface area contributed by atoms with Crippen LogP contribution in [0.4, 0.5) is 0 Å². The van der Waals surface area contributed by atoms with E-state index in [9.17, 15) is 9.59 Å². The van der Waals surface area contributed by atoms with Crippen LogP contribution in [0.1, 0.15) is 16.8 Å². The first kappa shape index (κ1) is 13.4. The molecule has 17 heavy (non-hydrogen) atoms. The highest BCUT2D eigenvalue weighted by atomic mass is 16.2. The van der Waals surface area contributed by atoms with Crippen LogP contribution in [0.3, 0.4) is 0 Å². The Kier molecular flexibility index (Phi) is 4.90.